The molecule has 0 aliphatic carbocycles. The van der Waals surface area contributed by atoms with Crippen LogP contribution in [0.4, 0.5) is 5.69 Å². The monoisotopic (exact) mass is 254 g/mol. The van der Waals surface area contributed by atoms with E-state index < -0.39 is 0 Å². The van der Waals surface area contributed by atoms with Gasteiger partial charge >= 0.3 is 5.97 Å². The molecule has 1 fully saturated rings. The topological polar surface area (TPSA) is 51.2 Å². The van der Waals surface area contributed by atoms with E-state index in [4.69, 9.17) is 4.74 Å². The van der Waals surface area contributed by atoms with Crippen LogP contribution in [0.2, 0.25) is 0 Å². The first-order chi connectivity index (χ1) is 9.24. The molecule has 0 saturated carbocycles. The molecule has 96 valence electrons. The molecular weight excluding hydrogens is 240 g/mol. The van der Waals surface area contributed by atoms with Gasteiger partial charge in [0.05, 0.1) is 17.7 Å². The van der Waals surface area contributed by atoms with Crippen molar-refractivity contribution in [3.8, 4) is 0 Å². The molecule has 0 atom stereocenters. The molecule has 4 nitrogen and oxygen atoms in total. The van der Waals surface area contributed by atoms with E-state index in [1.54, 1.807) is 6.20 Å². The molecule has 0 amide bonds. The average molecular weight is 254 g/mol. The van der Waals surface area contributed by atoms with Crippen LogP contribution in [0, 0.1) is 0 Å². The molecule has 1 N–H and O–H groups in total. The van der Waals surface area contributed by atoms with Crippen molar-refractivity contribution in [1.82, 2.24) is 4.98 Å². The summed E-state index contributed by atoms with van der Waals surface area (Å²) in [7, 11) is 0. The van der Waals surface area contributed by atoms with E-state index in [1.807, 2.05) is 37.3 Å². The number of benzene rings is 1. The summed E-state index contributed by atoms with van der Waals surface area (Å²) >= 11 is 0. The van der Waals surface area contributed by atoms with Gasteiger partial charge in [0.1, 0.15) is 0 Å². The van der Waals surface area contributed by atoms with Gasteiger partial charge in [-0.1, -0.05) is 6.07 Å². The van der Waals surface area contributed by atoms with E-state index in [9.17, 15) is 4.79 Å². The van der Waals surface area contributed by atoms with Crippen LogP contribution in [-0.4, -0.2) is 17.6 Å². The molecule has 19 heavy (non-hydrogen) atoms. The van der Waals surface area contributed by atoms with E-state index in [1.165, 1.54) is 0 Å². The number of anilines is 1. The number of rotatable bonds is 2. The normalized spacial score (nSPS) is 17.4. The van der Waals surface area contributed by atoms with Crippen molar-refractivity contribution < 1.29 is 9.53 Å². The van der Waals surface area contributed by atoms with Gasteiger partial charge in [0.15, 0.2) is 0 Å². The smallest absolute Gasteiger partial charge is 0.335 e. The highest BCUT2D eigenvalue weighted by atomic mass is 16.5. The second kappa shape index (κ2) is 4.72. The predicted molar refractivity (Wildman–Crippen MR) is 73.6 cm³/mol. The maximum atomic E-state index is 11.5. The highest BCUT2D eigenvalue weighted by molar-refractivity contribution is 5.92. The van der Waals surface area contributed by atoms with Crippen LogP contribution >= 0.6 is 0 Å². The average Bonchev–Trinajstić information content (AvgIpc) is 2.85. The summed E-state index contributed by atoms with van der Waals surface area (Å²) in [5.41, 5.74) is 3.49. The van der Waals surface area contributed by atoms with Crippen molar-refractivity contribution in [2.45, 2.75) is 13.3 Å². The minimum Gasteiger partial charge on any atom is -0.462 e. The molecule has 0 unspecified atom stereocenters. The second-order valence-corrected chi connectivity index (χ2v) is 4.53. The number of carbonyl (C=O) groups excluding carboxylic acids is 1. The number of aromatic nitrogens is 1. The second-order valence-electron chi connectivity index (χ2n) is 4.53. The Morgan fingerprint density at radius 2 is 2.26 bits per heavy atom. The van der Waals surface area contributed by atoms with Gasteiger partial charge in [0, 0.05) is 29.4 Å². The highest BCUT2D eigenvalue weighted by Gasteiger charge is 2.21. The summed E-state index contributed by atoms with van der Waals surface area (Å²) in [6, 6.07) is 9.86. The van der Waals surface area contributed by atoms with E-state index >= 15 is 0 Å². The van der Waals surface area contributed by atoms with Gasteiger partial charge in [-0.25, -0.2) is 4.79 Å². The Labute approximate surface area is 111 Å². The van der Waals surface area contributed by atoms with Crippen LogP contribution < -0.4 is 5.32 Å². The summed E-state index contributed by atoms with van der Waals surface area (Å²) in [5.74, 6) is -0.215. The number of hydrogen-bond acceptors (Lipinski definition) is 4. The molecule has 2 heterocycles. The quantitative estimate of drug-likeness (QED) is 0.661. The lowest BCUT2D eigenvalue weighted by Gasteiger charge is -2.09. The van der Waals surface area contributed by atoms with Crippen molar-refractivity contribution >= 4 is 22.6 Å². The van der Waals surface area contributed by atoms with E-state index in [-0.39, 0.29) is 5.97 Å². The van der Waals surface area contributed by atoms with Gasteiger partial charge in [-0.3, -0.25) is 4.98 Å². The summed E-state index contributed by atoms with van der Waals surface area (Å²) in [5, 5.41) is 4.33. The first-order valence-electron chi connectivity index (χ1n) is 6.23. The van der Waals surface area contributed by atoms with Gasteiger partial charge in [0.2, 0.25) is 0 Å². The van der Waals surface area contributed by atoms with E-state index in [0.717, 1.165) is 27.9 Å². The largest absolute Gasteiger partial charge is 0.462 e. The fourth-order valence-electron chi connectivity index (χ4n) is 2.22. The lowest BCUT2D eigenvalue weighted by atomic mass is 10.1. The third-order valence-corrected chi connectivity index (χ3v) is 3.22. The molecule has 0 spiro atoms. The van der Waals surface area contributed by atoms with Crippen LogP contribution in [0.15, 0.2) is 47.8 Å². The first-order valence-corrected chi connectivity index (χ1v) is 6.23. The van der Waals surface area contributed by atoms with Crippen LogP contribution in [0.3, 0.4) is 0 Å². The van der Waals surface area contributed by atoms with Crippen LogP contribution in [0.25, 0.3) is 10.9 Å². The van der Waals surface area contributed by atoms with Crippen LogP contribution in [0.1, 0.15) is 13.3 Å². The summed E-state index contributed by atoms with van der Waals surface area (Å²) < 4.78 is 4.95. The summed E-state index contributed by atoms with van der Waals surface area (Å²) in [6.07, 6.45) is 2.45. The number of hydrogen-bond donors (Lipinski definition) is 1. The maximum absolute atomic E-state index is 11.5. The molecule has 1 aromatic heterocycles. The minimum atomic E-state index is -0.215. The van der Waals surface area contributed by atoms with Crippen molar-refractivity contribution in [2.24, 2.45) is 0 Å². The molecule has 0 bridgehead atoms. The van der Waals surface area contributed by atoms with Gasteiger partial charge in [-0.05, 0) is 31.2 Å². The number of cyclic esters (lactones) is 1. The van der Waals surface area contributed by atoms with Gasteiger partial charge < -0.3 is 10.1 Å². The van der Waals surface area contributed by atoms with Crippen LogP contribution in [0.5, 0.6) is 0 Å². The number of ether oxygens (including phenoxy) is 1. The Bertz CT molecular complexity index is 677. The molecule has 1 aliphatic heterocycles. The van der Waals surface area contributed by atoms with Gasteiger partial charge in [-0.2, -0.15) is 0 Å². The Morgan fingerprint density at radius 1 is 1.37 bits per heavy atom. The van der Waals surface area contributed by atoms with E-state index in [2.05, 4.69) is 10.3 Å². The number of fused-ring (bicyclic) bond motifs is 1. The van der Waals surface area contributed by atoms with Gasteiger partial charge in [0.25, 0.3) is 0 Å². The number of esters is 1. The number of nitrogens with one attached hydrogen (secondary N) is 1. The molecule has 4 heteroatoms. The zero-order chi connectivity index (χ0) is 13.2. The lowest BCUT2D eigenvalue weighted by Crippen LogP contribution is -2.04. The first kappa shape index (κ1) is 11.7. The Kier molecular flexibility index (Phi) is 2.91. The zero-order valence-corrected chi connectivity index (χ0v) is 10.6. The predicted octanol–water partition coefficient (Wildman–Crippen LogP) is 2.87. The number of carbonyl (C=O) groups is 1. The van der Waals surface area contributed by atoms with Crippen molar-refractivity contribution in [1.29, 1.82) is 0 Å². The van der Waals surface area contributed by atoms with Crippen molar-refractivity contribution in [3.63, 3.8) is 0 Å². The van der Waals surface area contributed by atoms with Crippen molar-refractivity contribution in [3.05, 3.63) is 47.8 Å². The fraction of sp³-hybridized carbons (Fsp3) is 0.200. The molecular formula is C15H14N2O2. The lowest BCUT2D eigenvalue weighted by molar-refractivity contribution is -0.135. The number of nitrogens with zero attached hydrogens (tertiary/aromatic N) is 1. The summed E-state index contributed by atoms with van der Waals surface area (Å²) in [4.78, 5) is 15.8. The fourth-order valence-corrected chi connectivity index (χ4v) is 2.22. The zero-order valence-electron chi connectivity index (χ0n) is 10.6. The molecule has 3 rings (SSSR count). The minimum absolute atomic E-state index is 0.215. The van der Waals surface area contributed by atoms with Crippen molar-refractivity contribution in [2.75, 3.05) is 11.9 Å². The molecule has 2 aromatic rings. The molecule has 1 aliphatic rings. The SMILES string of the molecule is C/C(Nc1ccc2ncccc2c1)=C1/CCOC1=O. The number of pyridine rings is 1. The number of allylic oxidation sites excluding steroid dienone is 1. The summed E-state index contributed by atoms with van der Waals surface area (Å²) in [6.45, 7) is 2.38. The molecule has 0 radical (unpaired) electrons. The third-order valence-electron chi connectivity index (χ3n) is 3.22. The molecule has 1 aromatic carbocycles. The Hall–Kier alpha value is -2.36. The maximum Gasteiger partial charge on any atom is 0.335 e. The standard InChI is InChI=1S/C15H14N2O2/c1-10(13-6-8-19-15(13)18)17-12-4-5-14-11(9-12)3-2-7-16-14/h2-5,7,9,17H,6,8H2,1H3/b13-10+. The Morgan fingerprint density at radius 3 is 3.05 bits per heavy atom. The van der Waals surface area contributed by atoms with Gasteiger partial charge in [-0.15, -0.1) is 0 Å². The molecule has 1 saturated heterocycles. The van der Waals surface area contributed by atoms with E-state index in [0.29, 0.717) is 13.0 Å². The third kappa shape index (κ3) is 2.29. The highest BCUT2D eigenvalue weighted by Crippen LogP contribution is 2.22. The Balaban J connectivity index is 1.91. The van der Waals surface area contributed by atoms with Crippen LogP contribution in [-0.2, 0) is 9.53 Å².